The van der Waals surface area contributed by atoms with Crippen molar-refractivity contribution < 1.29 is 14.3 Å². The van der Waals surface area contributed by atoms with E-state index in [4.69, 9.17) is 16.3 Å². The van der Waals surface area contributed by atoms with Crippen molar-refractivity contribution in [1.29, 1.82) is 0 Å². The molecule has 0 spiro atoms. The maximum Gasteiger partial charge on any atom is 0.307 e. The first-order valence-corrected chi connectivity index (χ1v) is 10.1. The molecule has 4 nitrogen and oxygen atoms in total. The third kappa shape index (κ3) is 6.65. The average Bonchev–Trinajstić information content (AvgIpc) is 2.62. The SMILES string of the molecule is CSc1ccccc1NC(=O)COC(=O)CCSc1ccccc1Cl. The van der Waals surface area contributed by atoms with Gasteiger partial charge in [-0.25, -0.2) is 0 Å². The minimum Gasteiger partial charge on any atom is -0.456 e. The largest absolute Gasteiger partial charge is 0.456 e. The van der Waals surface area contributed by atoms with Crippen LogP contribution >= 0.6 is 35.1 Å². The van der Waals surface area contributed by atoms with Crippen molar-refractivity contribution in [2.75, 3.05) is 23.9 Å². The molecule has 0 fully saturated rings. The molecule has 0 atom stereocenters. The summed E-state index contributed by atoms with van der Waals surface area (Å²) in [7, 11) is 0. The summed E-state index contributed by atoms with van der Waals surface area (Å²) in [6.45, 7) is -0.293. The molecular formula is C18H18ClNO3S2. The van der Waals surface area contributed by atoms with Crippen molar-refractivity contribution in [1.82, 2.24) is 0 Å². The van der Waals surface area contributed by atoms with E-state index in [1.807, 2.05) is 48.7 Å². The third-order valence-electron chi connectivity index (χ3n) is 3.15. The van der Waals surface area contributed by atoms with Crippen LogP contribution in [0.5, 0.6) is 0 Å². The van der Waals surface area contributed by atoms with Gasteiger partial charge in [-0.15, -0.1) is 23.5 Å². The number of rotatable bonds is 8. The number of ether oxygens (including phenoxy) is 1. The number of esters is 1. The maximum absolute atomic E-state index is 11.9. The molecule has 7 heteroatoms. The summed E-state index contributed by atoms with van der Waals surface area (Å²) in [5.74, 6) is -0.221. The van der Waals surface area contributed by atoms with Crippen LogP contribution in [0.15, 0.2) is 58.3 Å². The molecule has 132 valence electrons. The fourth-order valence-corrected chi connectivity index (χ4v) is 3.68. The van der Waals surface area contributed by atoms with Gasteiger partial charge in [0.15, 0.2) is 6.61 Å². The van der Waals surface area contributed by atoms with Crippen LogP contribution in [-0.2, 0) is 14.3 Å². The Morgan fingerprint density at radius 2 is 1.76 bits per heavy atom. The highest BCUT2D eigenvalue weighted by Gasteiger charge is 2.10. The number of carbonyl (C=O) groups is 2. The maximum atomic E-state index is 11.9. The van der Waals surface area contributed by atoms with Crippen molar-refractivity contribution in [3.8, 4) is 0 Å². The minimum absolute atomic E-state index is 0.213. The van der Waals surface area contributed by atoms with Crippen LogP contribution in [0.1, 0.15) is 6.42 Å². The number of nitrogens with one attached hydrogen (secondary N) is 1. The quantitative estimate of drug-likeness (QED) is 0.517. The third-order valence-corrected chi connectivity index (χ3v) is 5.46. The van der Waals surface area contributed by atoms with Gasteiger partial charge in [-0.05, 0) is 30.5 Å². The molecule has 0 bridgehead atoms. The summed E-state index contributed by atoms with van der Waals surface area (Å²) in [4.78, 5) is 25.5. The Bertz CT molecular complexity index is 740. The van der Waals surface area contributed by atoms with E-state index in [1.165, 1.54) is 23.5 Å². The molecule has 0 saturated carbocycles. The summed E-state index contributed by atoms with van der Waals surface area (Å²) in [5.41, 5.74) is 0.713. The Hall–Kier alpha value is -1.63. The van der Waals surface area contributed by atoms with Crippen LogP contribution < -0.4 is 5.32 Å². The number of thioether (sulfide) groups is 2. The molecule has 0 radical (unpaired) electrons. The Morgan fingerprint density at radius 1 is 1.08 bits per heavy atom. The Kier molecular flexibility index (Phi) is 8.18. The fourth-order valence-electron chi connectivity index (χ4n) is 1.96. The number of amides is 1. The lowest BCUT2D eigenvalue weighted by Gasteiger charge is -2.09. The van der Waals surface area contributed by atoms with Gasteiger partial charge in [0.25, 0.3) is 5.91 Å². The molecule has 1 amide bonds. The molecule has 2 aromatic carbocycles. The lowest BCUT2D eigenvalue weighted by atomic mass is 10.3. The smallest absolute Gasteiger partial charge is 0.307 e. The molecule has 0 aromatic heterocycles. The molecule has 0 heterocycles. The van der Waals surface area contributed by atoms with Gasteiger partial charge in [0.2, 0.25) is 0 Å². The van der Waals surface area contributed by atoms with Gasteiger partial charge in [-0.1, -0.05) is 35.9 Å². The molecular weight excluding hydrogens is 378 g/mol. The van der Waals surface area contributed by atoms with Crippen LogP contribution in [0.25, 0.3) is 0 Å². The van der Waals surface area contributed by atoms with Crippen molar-refractivity contribution in [3.05, 3.63) is 53.6 Å². The second-order valence-corrected chi connectivity index (χ2v) is 7.33. The monoisotopic (exact) mass is 395 g/mol. The van der Waals surface area contributed by atoms with Gasteiger partial charge in [-0.2, -0.15) is 0 Å². The summed E-state index contributed by atoms with van der Waals surface area (Å²) in [6, 6.07) is 14.9. The highest BCUT2D eigenvalue weighted by molar-refractivity contribution is 7.99. The van der Waals surface area contributed by atoms with E-state index in [2.05, 4.69) is 5.32 Å². The number of anilines is 1. The van der Waals surface area contributed by atoms with Crippen molar-refractivity contribution >= 4 is 52.7 Å². The first kappa shape index (κ1) is 19.7. The van der Waals surface area contributed by atoms with E-state index in [0.717, 1.165) is 9.79 Å². The number of benzene rings is 2. The second-order valence-electron chi connectivity index (χ2n) is 4.94. The van der Waals surface area contributed by atoms with Crippen molar-refractivity contribution in [2.24, 2.45) is 0 Å². The van der Waals surface area contributed by atoms with Crippen LogP contribution in [0.4, 0.5) is 5.69 Å². The minimum atomic E-state index is -0.409. The second kappa shape index (κ2) is 10.4. The number of halogens is 1. The van der Waals surface area contributed by atoms with Gasteiger partial charge in [0.1, 0.15) is 0 Å². The number of hydrogen-bond acceptors (Lipinski definition) is 5. The highest BCUT2D eigenvalue weighted by atomic mass is 35.5. The van der Waals surface area contributed by atoms with Crippen LogP contribution in [-0.4, -0.2) is 30.5 Å². The first-order valence-electron chi connectivity index (χ1n) is 7.56. The van der Waals surface area contributed by atoms with Gasteiger partial charge in [-0.3, -0.25) is 9.59 Å². The lowest BCUT2D eigenvalue weighted by Crippen LogP contribution is -2.21. The number of para-hydroxylation sites is 1. The van der Waals surface area contributed by atoms with Crippen LogP contribution in [0.3, 0.4) is 0 Å². The topological polar surface area (TPSA) is 55.4 Å². The van der Waals surface area contributed by atoms with Gasteiger partial charge in [0.05, 0.1) is 17.1 Å². The Labute approximate surface area is 160 Å². The van der Waals surface area contributed by atoms with E-state index in [-0.39, 0.29) is 18.9 Å². The molecule has 0 aliphatic rings. The summed E-state index contributed by atoms with van der Waals surface area (Å²) >= 11 is 9.07. The highest BCUT2D eigenvalue weighted by Crippen LogP contribution is 2.27. The van der Waals surface area contributed by atoms with Crippen LogP contribution in [0, 0.1) is 0 Å². The number of hydrogen-bond donors (Lipinski definition) is 1. The summed E-state index contributed by atoms with van der Waals surface area (Å²) in [6.07, 6.45) is 2.15. The predicted octanol–water partition coefficient (Wildman–Crippen LogP) is 4.73. The van der Waals surface area contributed by atoms with Crippen molar-refractivity contribution in [2.45, 2.75) is 16.2 Å². The summed E-state index contributed by atoms with van der Waals surface area (Å²) < 4.78 is 5.01. The molecule has 0 saturated heterocycles. The van der Waals surface area contributed by atoms with E-state index in [1.54, 1.807) is 6.07 Å². The van der Waals surface area contributed by atoms with E-state index in [0.29, 0.717) is 16.5 Å². The first-order chi connectivity index (χ1) is 12.1. The molecule has 1 N–H and O–H groups in total. The average molecular weight is 396 g/mol. The Morgan fingerprint density at radius 3 is 2.48 bits per heavy atom. The molecule has 25 heavy (non-hydrogen) atoms. The molecule has 2 aromatic rings. The molecule has 0 aliphatic carbocycles. The standard InChI is InChI=1S/C18H18ClNO3S2/c1-24-16-9-5-3-7-14(16)20-17(21)12-23-18(22)10-11-25-15-8-4-2-6-13(15)19/h2-9H,10-12H2,1H3,(H,20,21). The molecule has 0 unspecified atom stereocenters. The zero-order valence-electron chi connectivity index (χ0n) is 13.7. The molecule has 0 aliphatic heterocycles. The Balaban J connectivity index is 1.71. The van der Waals surface area contributed by atoms with Gasteiger partial charge in [0, 0.05) is 15.5 Å². The zero-order chi connectivity index (χ0) is 18.1. The van der Waals surface area contributed by atoms with Gasteiger partial charge < -0.3 is 10.1 Å². The molecule has 2 rings (SSSR count). The van der Waals surface area contributed by atoms with Crippen molar-refractivity contribution in [3.63, 3.8) is 0 Å². The van der Waals surface area contributed by atoms with Crippen LogP contribution in [0.2, 0.25) is 5.02 Å². The lowest BCUT2D eigenvalue weighted by molar-refractivity contribution is -0.146. The summed E-state index contributed by atoms with van der Waals surface area (Å²) in [5, 5.41) is 3.41. The van der Waals surface area contributed by atoms with E-state index >= 15 is 0 Å². The normalized spacial score (nSPS) is 10.3. The zero-order valence-corrected chi connectivity index (χ0v) is 16.0. The van der Waals surface area contributed by atoms with E-state index < -0.39 is 5.97 Å². The van der Waals surface area contributed by atoms with Gasteiger partial charge >= 0.3 is 5.97 Å². The van der Waals surface area contributed by atoms with E-state index in [9.17, 15) is 9.59 Å². The number of carbonyl (C=O) groups excluding carboxylic acids is 2. The fraction of sp³-hybridized carbons (Fsp3) is 0.222. The predicted molar refractivity (Wildman–Crippen MR) is 105 cm³/mol.